The van der Waals surface area contributed by atoms with Gasteiger partial charge in [0.2, 0.25) is 11.3 Å². The molecule has 0 saturated heterocycles. The van der Waals surface area contributed by atoms with Crippen LogP contribution in [0.15, 0.2) is 66.9 Å². The molecule has 0 radical (unpaired) electrons. The number of carbonyl (C=O) groups is 1. The van der Waals surface area contributed by atoms with E-state index < -0.39 is 28.7 Å². The minimum atomic E-state index is -2.18. The molecule has 0 fully saturated rings. The Morgan fingerprint density at radius 1 is 1.03 bits per heavy atom. The van der Waals surface area contributed by atoms with Gasteiger partial charge >= 0.3 is 0 Å². The van der Waals surface area contributed by atoms with Crippen molar-refractivity contribution in [3.05, 3.63) is 100 Å². The lowest BCUT2D eigenvalue weighted by atomic mass is 9.97. The van der Waals surface area contributed by atoms with E-state index in [2.05, 4.69) is 9.71 Å². The van der Waals surface area contributed by atoms with Crippen LogP contribution in [0, 0.1) is 11.6 Å². The number of aromatic nitrogens is 1. The Morgan fingerprint density at radius 2 is 1.79 bits per heavy atom. The Balaban J connectivity index is 1.64. The van der Waals surface area contributed by atoms with E-state index in [1.165, 1.54) is 6.07 Å². The SMILES string of the molecule is O=C(c1ccc2ncc(-c3ccc(Cl)cc3)cc2c1)c1cc(F)cc(CCCNS(=O)O)c1F. The minimum Gasteiger partial charge on any atom is -0.294 e. The molecule has 0 amide bonds. The van der Waals surface area contributed by atoms with Crippen molar-refractivity contribution in [2.45, 2.75) is 12.8 Å². The summed E-state index contributed by atoms with van der Waals surface area (Å²) in [6.45, 7) is 0.135. The largest absolute Gasteiger partial charge is 0.294 e. The number of carbonyl (C=O) groups excluding carboxylic acids is 1. The quantitative estimate of drug-likeness (QED) is 0.184. The maximum absolute atomic E-state index is 15.1. The van der Waals surface area contributed by atoms with E-state index in [0.29, 0.717) is 15.9 Å². The lowest BCUT2D eigenvalue weighted by Crippen LogP contribution is -2.18. The number of hydrogen-bond donors (Lipinski definition) is 2. The molecular formula is C25H19ClF2N2O3S. The molecule has 174 valence electrons. The summed E-state index contributed by atoms with van der Waals surface area (Å²) in [5.74, 6) is -2.18. The Bertz CT molecular complexity index is 1400. The van der Waals surface area contributed by atoms with Gasteiger partial charge in [-0.15, -0.1) is 0 Å². The highest BCUT2D eigenvalue weighted by Gasteiger charge is 2.19. The average Bonchev–Trinajstić information content (AvgIpc) is 2.82. The van der Waals surface area contributed by atoms with Gasteiger partial charge in [0, 0.05) is 34.3 Å². The van der Waals surface area contributed by atoms with Crippen LogP contribution in [0.1, 0.15) is 27.9 Å². The second-order valence-electron chi connectivity index (χ2n) is 7.64. The van der Waals surface area contributed by atoms with E-state index in [1.54, 1.807) is 30.5 Å². The van der Waals surface area contributed by atoms with Gasteiger partial charge in [-0.1, -0.05) is 23.7 Å². The van der Waals surface area contributed by atoms with Crippen LogP contribution in [0.3, 0.4) is 0 Å². The number of hydrogen-bond acceptors (Lipinski definition) is 3. The molecule has 0 aliphatic carbocycles. The van der Waals surface area contributed by atoms with Gasteiger partial charge in [0.15, 0.2) is 5.78 Å². The third-order valence-electron chi connectivity index (χ3n) is 5.33. The van der Waals surface area contributed by atoms with Gasteiger partial charge in [-0.05, 0) is 72.5 Å². The lowest BCUT2D eigenvalue weighted by molar-refractivity contribution is 0.103. The van der Waals surface area contributed by atoms with Crippen molar-refractivity contribution in [3.8, 4) is 11.1 Å². The molecule has 3 aromatic carbocycles. The smallest absolute Gasteiger partial charge is 0.231 e. The number of halogens is 3. The second-order valence-corrected chi connectivity index (χ2v) is 8.86. The zero-order chi connectivity index (χ0) is 24.2. The molecule has 0 spiro atoms. The maximum Gasteiger partial charge on any atom is 0.231 e. The average molecular weight is 501 g/mol. The molecule has 0 saturated carbocycles. The summed E-state index contributed by atoms with van der Waals surface area (Å²) >= 11 is 3.78. The molecule has 0 aliphatic rings. The number of rotatable bonds is 8. The van der Waals surface area contributed by atoms with E-state index in [1.807, 2.05) is 18.2 Å². The summed E-state index contributed by atoms with van der Waals surface area (Å²) < 4.78 is 50.9. The summed E-state index contributed by atoms with van der Waals surface area (Å²) in [4.78, 5) is 17.5. The fraction of sp³-hybridized carbons (Fsp3) is 0.120. The molecule has 0 bridgehead atoms. The lowest BCUT2D eigenvalue weighted by Gasteiger charge is -2.10. The molecule has 5 nitrogen and oxygen atoms in total. The molecule has 34 heavy (non-hydrogen) atoms. The summed E-state index contributed by atoms with van der Waals surface area (Å²) in [5.41, 5.74) is 2.25. The van der Waals surface area contributed by atoms with Crippen LogP contribution in [0.4, 0.5) is 8.78 Å². The third kappa shape index (κ3) is 5.53. The van der Waals surface area contributed by atoms with Crippen molar-refractivity contribution in [2.75, 3.05) is 6.54 Å². The summed E-state index contributed by atoms with van der Waals surface area (Å²) in [7, 11) is 0. The maximum atomic E-state index is 15.1. The van der Waals surface area contributed by atoms with Crippen LogP contribution in [0.2, 0.25) is 5.02 Å². The van der Waals surface area contributed by atoms with Crippen molar-refractivity contribution in [1.82, 2.24) is 9.71 Å². The fourth-order valence-electron chi connectivity index (χ4n) is 3.66. The van der Waals surface area contributed by atoms with Crippen molar-refractivity contribution in [2.24, 2.45) is 0 Å². The van der Waals surface area contributed by atoms with E-state index in [0.717, 1.165) is 23.3 Å². The normalized spacial score (nSPS) is 12.1. The number of nitrogens with one attached hydrogen (secondary N) is 1. The van der Waals surface area contributed by atoms with Gasteiger partial charge in [-0.3, -0.25) is 14.3 Å². The molecule has 4 rings (SSSR count). The number of ketones is 1. The second kappa shape index (κ2) is 10.5. The van der Waals surface area contributed by atoms with Gasteiger partial charge < -0.3 is 0 Å². The van der Waals surface area contributed by atoms with Gasteiger partial charge in [0.05, 0.1) is 11.1 Å². The number of aryl methyl sites for hydroxylation is 1. The highest BCUT2D eigenvalue weighted by Crippen LogP contribution is 2.26. The molecule has 1 atom stereocenters. The molecular weight excluding hydrogens is 482 g/mol. The Labute approximate surface area is 202 Å². The number of benzene rings is 3. The Kier molecular flexibility index (Phi) is 7.43. The number of nitrogens with zero attached hydrogens (tertiary/aromatic N) is 1. The number of fused-ring (bicyclic) bond motifs is 1. The van der Waals surface area contributed by atoms with Crippen molar-refractivity contribution in [1.29, 1.82) is 0 Å². The molecule has 1 unspecified atom stereocenters. The van der Waals surface area contributed by atoms with Gasteiger partial charge in [-0.25, -0.2) is 17.7 Å². The van der Waals surface area contributed by atoms with Gasteiger partial charge in [0.25, 0.3) is 0 Å². The monoisotopic (exact) mass is 500 g/mol. The molecule has 1 aromatic heterocycles. The van der Waals surface area contributed by atoms with Crippen LogP contribution >= 0.6 is 11.6 Å². The highest BCUT2D eigenvalue weighted by molar-refractivity contribution is 7.77. The van der Waals surface area contributed by atoms with Crippen LogP contribution in [-0.4, -0.2) is 26.1 Å². The molecule has 1 heterocycles. The van der Waals surface area contributed by atoms with Crippen molar-refractivity contribution < 1.29 is 22.3 Å². The third-order valence-corrected chi connectivity index (χ3v) is 6.03. The van der Waals surface area contributed by atoms with Crippen LogP contribution in [0.25, 0.3) is 22.0 Å². The number of pyridine rings is 1. The van der Waals surface area contributed by atoms with E-state index in [9.17, 15) is 13.4 Å². The fourth-order valence-corrected chi connectivity index (χ4v) is 4.10. The first-order valence-corrected chi connectivity index (χ1v) is 11.8. The van der Waals surface area contributed by atoms with Gasteiger partial charge in [-0.2, -0.15) is 0 Å². The first-order valence-electron chi connectivity index (χ1n) is 10.3. The molecule has 2 N–H and O–H groups in total. The zero-order valence-corrected chi connectivity index (χ0v) is 19.3. The van der Waals surface area contributed by atoms with E-state index >= 15 is 4.39 Å². The van der Waals surface area contributed by atoms with Crippen molar-refractivity contribution >= 4 is 39.6 Å². The summed E-state index contributed by atoms with van der Waals surface area (Å²) in [6.07, 6.45) is 2.10. The van der Waals surface area contributed by atoms with E-state index in [4.69, 9.17) is 16.2 Å². The summed E-state index contributed by atoms with van der Waals surface area (Å²) in [6, 6.07) is 15.8. The molecule has 4 aromatic rings. The standard InChI is InChI=1S/C25H19ClF2N2O3S/c26-20-6-3-15(4-7-20)19-11-18-10-17(5-8-23(18)29-14-19)25(31)22-13-21(27)12-16(24(22)28)2-1-9-30-34(32)33/h3-8,10-14,30H,1-2,9H2,(H,32,33). The van der Waals surface area contributed by atoms with Crippen LogP contribution in [-0.2, 0) is 17.7 Å². The Hall–Kier alpha value is -3.04. The molecule has 9 heteroatoms. The topological polar surface area (TPSA) is 79.3 Å². The predicted molar refractivity (Wildman–Crippen MR) is 129 cm³/mol. The first kappa shape index (κ1) is 24.1. The zero-order valence-electron chi connectivity index (χ0n) is 17.7. The first-order chi connectivity index (χ1) is 16.3. The highest BCUT2D eigenvalue weighted by atomic mass is 35.5. The Morgan fingerprint density at radius 3 is 2.53 bits per heavy atom. The van der Waals surface area contributed by atoms with Crippen LogP contribution < -0.4 is 4.72 Å². The molecule has 0 aliphatic heterocycles. The van der Waals surface area contributed by atoms with Crippen molar-refractivity contribution in [3.63, 3.8) is 0 Å². The van der Waals surface area contributed by atoms with Crippen LogP contribution in [0.5, 0.6) is 0 Å². The summed E-state index contributed by atoms with van der Waals surface area (Å²) in [5, 5.41) is 1.29. The van der Waals surface area contributed by atoms with E-state index in [-0.39, 0.29) is 36.1 Å². The van der Waals surface area contributed by atoms with Gasteiger partial charge in [0.1, 0.15) is 11.6 Å². The predicted octanol–water partition coefficient (Wildman–Crippen LogP) is 5.72. The minimum absolute atomic E-state index is 0.0290.